The molecule has 0 spiro atoms. The summed E-state index contributed by atoms with van der Waals surface area (Å²) < 4.78 is 0. The van der Waals surface area contributed by atoms with E-state index >= 15 is 0 Å². The normalized spacial score (nSPS) is 25.4. The quantitative estimate of drug-likeness (QED) is 0.724. The first-order valence-corrected chi connectivity index (χ1v) is 5.31. The fraction of sp³-hybridized carbons (Fsp3) is 1.00. The first-order valence-electron chi connectivity index (χ1n) is 5.31. The summed E-state index contributed by atoms with van der Waals surface area (Å²) in [6.45, 7) is 11.9. The maximum Gasteiger partial charge on any atom is 0.0689 e. The Hall–Kier alpha value is -0.0800. The number of rotatable bonds is 3. The van der Waals surface area contributed by atoms with E-state index in [9.17, 15) is 5.11 Å². The van der Waals surface area contributed by atoms with Crippen molar-refractivity contribution in [3.8, 4) is 0 Å². The summed E-state index contributed by atoms with van der Waals surface area (Å²) >= 11 is 0. The fourth-order valence-electron chi connectivity index (χ4n) is 1.86. The Morgan fingerprint density at radius 2 is 2.00 bits per heavy atom. The molecule has 1 aliphatic rings. The van der Waals surface area contributed by atoms with E-state index in [4.69, 9.17) is 0 Å². The molecule has 2 nitrogen and oxygen atoms in total. The van der Waals surface area contributed by atoms with Gasteiger partial charge in [-0.3, -0.25) is 0 Å². The lowest BCUT2D eigenvalue weighted by Crippen LogP contribution is -2.34. The largest absolute Gasteiger partial charge is 0.392 e. The summed E-state index contributed by atoms with van der Waals surface area (Å²) in [6, 6.07) is 0. The predicted molar refractivity (Wildman–Crippen MR) is 55.7 cm³/mol. The Balaban J connectivity index is 2.32. The lowest BCUT2D eigenvalue weighted by molar-refractivity contribution is 0.0821. The average molecular weight is 185 g/mol. The topological polar surface area (TPSA) is 23.5 Å². The molecule has 1 atom stereocenters. The van der Waals surface area contributed by atoms with Crippen LogP contribution in [-0.2, 0) is 0 Å². The summed E-state index contributed by atoms with van der Waals surface area (Å²) in [5.74, 6) is 0.378. The van der Waals surface area contributed by atoms with Crippen LogP contribution in [0.1, 0.15) is 34.1 Å². The number of aliphatic hydroxyl groups excluding tert-OH is 1. The summed E-state index contributed by atoms with van der Waals surface area (Å²) in [6.07, 6.45) is 1.10. The van der Waals surface area contributed by atoms with E-state index in [0.29, 0.717) is 11.3 Å². The first-order chi connectivity index (χ1) is 5.91. The molecule has 0 amide bonds. The van der Waals surface area contributed by atoms with Gasteiger partial charge in [-0.25, -0.2) is 0 Å². The zero-order chi connectivity index (χ0) is 10.1. The molecule has 1 heterocycles. The molecular weight excluding hydrogens is 162 g/mol. The van der Waals surface area contributed by atoms with Crippen LogP contribution >= 0.6 is 0 Å². The lowest BCUT2D eigenvalue weighted by Gasteiger charge is -2.24. The highest BCUT2D eigenvalue weighted by molar-refractivity contribution is 4.83. The Kier molecular flexibility index (Phi) is 3.36. The summed E-state index contributed by atoms with van der Waals surface area (Å²) in [5, 5.41) is 9.72. The van der Waals surface area contributed by atoms with Gasteiger partial charge in [0, 0.05) is 13.1 Å². The van der Waals surface area contributed by atoms with Gasteiger partial charge in [0.1, 0.15) is 0 Å². The molecule has 0 bridgehead atoms. The molecule has 1 N–H and O–H groups in total. The van der Waals surface area contributed by atoms with Crippen molar-refractivity contribution in [3.05, 3.63) is 0 Å². The Labute approximate surface area is 81.9 Å². The van der Waals surface area contributed by atoms with E-state index in [2.05, 4.69) is 32.6 Å². The molecule has 1 unspecified atom stereocenters. The Morgan fingerprint density at radius 3 is 2.38 bits per heavy atom. The van der Waals surface area contributed by atoms with E-state index in [1.54, 1.807) is 0 Å². The van der Waals surface area contributed by atoms with Crippen LogP contribution in [0.2, 0.25) is 0 Å². The van der Waals surface area contributed by atoms with Crippen molar-refractivity contribution >= 4 is 0 Å². The SMILES string of the molecule is CC(C)C(O)CN1CCC(C)(C)C1. The van der Waals surface area contributed by atoms with Crippen molar-refractivity contribution in [2.24, 2.45) is 11.3 Å². The van der Waals surface area contributed by atoms with Crippen molar-refractivity contribution in [1.82, 2.24) is 4.90 Å². The highest BCUT2D eigenvalue weighted by Gasteiger charge is 2.30. The molecule has 1 saturated heterocycles. The third-order valence-electron chi connectivity index (χ3n) is 2.97. The second kappa shape index (κ2) is 3.97. The van der Waals surface area contributed by atoms with Gasteiger partial charge in [0.15, 0.2) is 0 Å². The summed E-state index contributed by atoms with van der Waals surface area (Å²) in [7, 11) is 0. The molecule has 0 aliphatic carbocycles. The molecular formula is C11H23NO. The number of β-amino-alcohol motifs (C(OH)–C–C–N with tert-alkyl or cyclic N) is 1. The maximum atomic E-state index is 9.72. The van der Waals surface area contributed by atoms with E-state index in [-0.39, 0.29) is 6.10 Å². The van der Waals surface area contributed by atoms with Crippen LogP contribution in [-0.4, -0.2) is 35.7 Å². The fourth-order valence-corrected chi connectivity index (χ4v) is 1.86. The monoisotopic (exact) mass is 185 g/mol. The second-order valence-corrected chi connectivity index (χ2v) is 5.46. The molecule has 0 aromatic heterocycles. The zero-order valence-corrected chi connectivity index (χ0v) is 9.38. The zero-order valence-electron chi connectivity index (χ0n) is 9.38. The van der Waals surface area contributed by atoms with Crippen LogP contribution in [0.15, 0.2) is 0 Å². The van der Waals surface area contributed by atoms with Crippen LogP contribution in [0.3, 0.4) is 0 Å². The van der Waals surface area contributed by atoms with Gasteiger partial charge in [-0.05, 0) is 24.3 Å². The molecule has 0 aromatic carbocycles. The molecule has 78 valence electrons. The van der Waals surface area contributed by atoms with Crippen molar-refractivity contribution in [3.63, 3.8) is 0 Å². The highest BCUT2D eigenvalue weighted by Crippen LogP contribution is 2.28. The predicted octanol–water partition coefficient (Wildman–Crippen LogP) is 1.74. The number of hydrogen-bond donors (Lipinski definition) is 1. The van der Waals surface area contributed by atoms with Crippen molar-refractivity contribution in [2.45, 2.75) is 40.2 Å². The van der Waals surface area contributed by atoms with Crippen molar-refractivity contribution < 1.29 is 5.11 Å². The van der Waals surface area contributed by atoms with Crippen LogP contribution in [0.25, 0.3) is 0 Å². The van der Waals surface area contributed by atoms with E-state index in [0.717, 1.165) is 19.6 Å². The highest BCUT2D eigenvalue weighted by atomic mass is 16.3. The van der Waals surface area contributed by atoms with Crippen LogP contribution in [0, 0.1) is 11.3 Å². The standard InChI is InChI=1S/C11H23NO/c1-9(2)10(13)7-12-6-5-11(3,4)8-12/h9-10,13H,5-8H2,1-4H3. The van der Waals surface area contributed by atoms with Gasteiger partial charge in [0.2, 0.25) is 0 Å². The van der Waals surface area contributed by atoms with E-state index < -0.39 is 0 Å². The Bertz CT molecular complexity index is 165. The molecule has 1 aliphatic heterocycles. The molecule has 0 saturated carbocycles. The molecule has 13 heavy (non-hydrogen) atoms. The molecule has 0 radical (unpaired) electrons. The number of aliphatic hydroxyl groups is 1. The maximum absolute atomic E-state index is 9.72. The van der Waals surface area contributed by atoms with Crippen molar-refractivity contribution in [2.75, 3.05) is 19.6 Å². The third kappa shape index (κ3) is 3.28. The minimum absolute atomic E-state index is 0.158. The van der Waals surface area contributed by atoms with Gasteiger partial charge in [0.25, 0.3) is 0 Å². The molecule has 0 aromatic rings. The number of hydrogen-bond acceptors (Lipinski definition) is 2. The van der Waals surface area contributed by atoms with E-state index in [1.807, 2.05) is 0 Å². The minimum atomic E-state index is -0.158. The summed E-state index contributed by atoms with van der Waals surface area (Å²) in [4.78, 5) is 2.38. The number of likely N-dealkylation sites (tertiary alicyclic amines) is 1. The van der Waals surface area contributed by atoms with Crippen LogP contribution < -0.4 is 0 Å². The van der Waals surface area contributed by atoms with Crippen LogP contribution in [0.4, 0.5) is 0 Å². The van der Waals surface area contributed by atoms with Crippen molar-refractivity contribution in [1.29, 1.82) is 0 Å². The second-order valence-electron chi connectivity index (χ2n) is 5.46. The smallest absolute Gasteiger partial charge is 0.0689 e. The first kappa shape index (κ1) is 11.0. The average Bonchev–Trinajstić information content (AvgIpc) is 2.30. The van der Waals surface area contributed by atoms with Gasteiger partial charge in [-0.15, -0.1) is 0 Å². The van der Waals surface area contributed by atoms with E-state index in [1.165, 1.54) is 6.42 Å². The molecule has 2 heteroatoms. The van der Waals surface area contributed by atoms with Crippen LogP contribution in [0.5, 0.6) is 0 Å². The van der Waals surface area contributed by atoms with Gasteiger partial charge in [0.05, 0.1) is 6.10 Å². The Morgan fingerprint density at radius 1 is 1.38 bits per heavy atom. The molecule has 1 fully saturated rings. The number of nitrogens with zero attached hydrogens (tertiary/aromatic N) is 1. The summed E-state index contributed by atoms with van der Waals surface area (Å²) in [5.41, 5.74) is 0.455. The lowest BCUT2D eigenvalue weighted by atomic mass is 9.93. The minimum Gasteiger partial charge on any atom is -0.392 e. The van der Waals surface area contributed by atoms with Gasteiger partial charge >= 0.3 is 0 Å². The van der Waals surface area contributed by atoms with Gasteiger partial charge < -0.3 is 10.0 Å². The van der Waals surface area contributed by atoms with Gasteiger partial charge in [-0.2, -0.15) is 0 Å². The third-order valence-corrected chi connectivity index (χ3v) is 2.97. The molecule has 1 rings (SSSR count). The van der Waals surface area contributed by atoms with Gasteiger partial charge in [-0.1, -0.05) is 27.7 Å².